The molecule has 1 amide bonds. The van der Waals surface area contributed by atoms with Crippen molar-refractivity contribution in [2.45, 2.75) is 26.5 Å². The molecule has 0 aromatic heterocycles. The van der Waals surface area contributed by atoms with Gasteiger partial charge in [-0.25, -0.2) is 0 Å². The second kappa shape index (κ2) is 9.32. The normalized spacial score (nSPS) is 16.1. The Hall–Kier alpha value is -2.84. The average molecular weight is 443 g/mol. The van der Waals surface area contributed by atoms with Crippen LogP contribution in [-0.2, 0) is 16.2 Å². The molecule has 0 N–H and O–H groups in total. The third kappa shape index (κ3) is 4.83. The second-order valence-corrected chi connectivity index (χ2v) is 8.41. The van der Waals surface area contributed by atoms with Crippen LogP contribution in [0.3, 0.4) is 0 Å². The summed E-state index contributed by atoms with van der Waals surface area (Å²) in [6.07, 6.45) is 1.65. The van der Waals surface area contributed by atoms with Gasteiger partial charge in [0.2, 0.25) is 0 Å². The summed E-state index contributed by atoms with van der Waals surface area (Å²) in [4.78, 5) is 25.1. The summed E-state index contributed by atoms with van der Waals surface area (Å²) in [5, 5.41) is 11.1. The summed E-state index contributed by atoms with van der Waals surface area (Å²) in [6.45, 7) is 3.79. The van der Waals surface area contributed by atoms with Crippen LogP contribution >= 0.6 is 24.0 Å². The van der Waals surface area contributed by atoms with Gasteiger partial charge in [-0.2, -0.15) is 0 Å². The molecular formula is C22H20NO5S2-. The fraction of sp³-hybridized carbons (Fsp3) is 0.227. The Labute approximate surface area is 184 Å². The Morgan fingerprint density at radius 1 is 1.23 bits per heavy atom. The van der Waals surface area contributed by atoms with E-state index in [-0.39, 0.29) is 4.32 Å². The predicted molar refractivity (Wildman–Crippen MR) is 118 cm³/mol. The van der Waals surface area contributed by atoms with Crippen molar-refractivity contribution in [1.82, 2.24) is 4.90 Å². The van der Waals surface area contributed by atoms with Gasteiger partial charge in [0.1, 0.15) is 10.9 Å². The molecular weight excluding hydrogens is 422 g/mol. The molecule has 1 aliphatic rings. The minimum absolute atomic E-state index is 0.188. The van der Waals surface area contributed by atoms with E-state index in [1.165, 1.54) is 12.5 Å². The fourth-order valence-electron chi connectivity index (χ4n) is 2.81. The number of rotatable bonds is 7. The van der Waals surface area contributed by atoms with E-state index in [0.29, 0.717) is 28.6 Å². The number of thiocarbonyl (C=S) groups is 1. The van der Waals surface area contributed by atoms with Crippen molar-refractivity contribution in [2.24, 2.45) is 0 Å². The maximum atomic E-state index is 12.6. The molecule has 0 unspecified atom stereocenters. The number of methoxy groups -OCH3 is 1. The Balaban J connectivity index is 1.77. The number of aryl methyl sites for hydroxylation is 1. The number of carbonyl (C=O) groups is 2. The quantitative estimate of drug-likeness (QED) is 0.482. The van der Waals surface area contributed by atoms with Crippen LogP contribution in [0, 0.1) is 6.92 Å². The number of amides is 1. The smallest absolute Gasteiger partial charge is 0.266 e. The molecule has 6 nitrogen and oxygen atoms in total. The van der Waals surface area contributed by atoms with E-state index in [1.807, 2.05) is 31.2 Å². The highest BCUT2D eigenvalue weighted by Gasteiger charge is 2.35. The SMILES string of the molecule is COc1cc(/C=C2\SC(=S)N([C@H](C)C(=O)[O-])C2=O)ccc1OCc1ccc(C)cc1. The summed E-state index contributed by atoms with van der Waals surface area (Å²) in [5.74, 6) is -0.715. The Morgan fingerprint density at radius 3 is 2.57 bits per heavy atom. The van der Waals surface area contributed by atoms with Crippen molar-refractivity contribution in [1.29, 1.82) is 0 Å². The molecule has 1 aliphatic heterocycles. The summed E-state index contributed by atoms with van der Waals surface area (Å²) in [6, 6.07) is 12.2. The molecule has 1 heterocycles. The number of carbonyl (C=O) groups excluding carboxylic acids is 2. The Morgan fingerprint density at radius 2 is 1.93 bits per heavy atom. The average Bonchev–Trinajstić information content (AvgIpc) is 3.00. The number of nitrogens with zero attached hydrogens (tertiary/aromatic N) is 1. The largest absolute Gasteiger partial charge is 0.548 e. The van der Waals surface area contributed by atoms with Crippen molar-refractivity contribution in [2.75, 3.05) is 7.11 Å². The first kappa shape index (κ1) is 21.9. The van der Waals surface area contributed by atoms with Crippen LogP contribution in [0.5, 0.6) is 11.5 Å². The standard InChI is InChI=1S/C22H21NO5S2/c1-13-4-6-15(7-5-13)12-28-17-9-8-16(10-18(17)27-3)11-19-20(24)23(22(29)30-19)14(2)21(25)26/h4-11,14H,12H2,1-3H3,(H,25,26)/p-1/b19-11-/t14-/m1/s1. The van der Waals surface area contributed by atoms with Gasteiger partial charge in [0.15, 0.2) is 11.5 Å². The minimum Gasteiger partial charge on any atom is -0.548 e. The van der Waals surface area contributed by atoms with Crippen LogP contribution < -0.4 is 14.6 Å². The van der Waals surface area contributed by atoms with E-state index in [9.17, 15) is 14.7 Å². The van der Waals surface area contributed by atoms with Crippen LogP contribution in [0.1, 0.15) is 23.6 Å². The van der Waals surface area contributed by atoms with Gasteiger partial charge >= 0.3 is 0 Å². The highest BCUT2D eigenvalue weighted by Crippen LogP contribution is 2.35. The number of aliphatic carboxylic acids is 1. The van der Waals surface area contributed by atoms with E-state index in [1.54, 1.807) is 31.4 Å². The van der Waals surface area contributed by atoms with Gasteiger partial charge in [-0.3, -0.25) is 9.69 Å². The topological polar surface area (TPSA) is 78.9 Å². The van der Waals surface area contributed by atoms with Crippen molar-refractivity contribution in [3.63, 3.8) is 0 Å². The van der Waals surface area contributed by atoms with E-state index in [2.05, 4.69) is 0 Å². The molecule has 2 aromatic rings. The number of carboxylic acid groups (broad SMARTS) is 1. The third-order valence-electron chi connectivity index (χ3n) is 4.55. The molecule has 0 radical (unpaired) electrons. The van der Waals surface area contributed by atoms with E-state index in [0.717, 1.165) is 22.2 Å². The maximum absolute atomic E-state index is 12.6. The molecule has 1 atom stereocenters. The molecule has 30 heavy (non-hydrogen) atoms. The minimum atomic E-state index is -1.36. The van der Waals surface area contributed by atoms with Crippen molar-refractivity contribution < 1.29 is 24.2 Å². The van der Waals surface area contributed by atoms with Gasteiger partial charge in [-0.05, 0) is 43.2 Å². The van der Waals surface area contributed by atoms with Gasteiger partial charge in [-0.1, -0.05) is 59.9 Å². The molecule has 8 heteroatoms. The van der Waals surface area contributed by atoms with Crippen LogP contribution in [-0.4, -0.2) is 34.2 Å². The lowest BCUT2D eigenvalue weighted by molar-refractivity contribution is -0.309. The lowest BCUT2D eigenvalue weighted by Crippen LogP contribution is -2.48. The van der Waals surface area contributed by atoms with Gasteiger partial charge in [0.25, 0.3) is 5.91 Å². The zero-order chi connectivity index (χ0) is 21.8. The molecule has 0 saturated carbocycles. The zero-order valence-corrected chi connectivity index (χ0v) is 18.3. The third-order valence-corrected chi connectivity index (χ3v) is 5.88. The lowest BCUT2D eigenvalue weighted by atomic mass is 10.1. The summed E-state index contributed by atoms with van der Waals surface area (Å²) < 4.78 is 11.5. The van der Waals surface area contributed by atoms with Gasteiger partial charge in [-0.15, -0.1) is 0 Å². The number of thioether (sulfide) groups is 1. The molecule has 156 valence electrons. The number of carboxylic acids is 1. The monoisotopic (exact) mass is 442 g/mol. The van der Waals surface area contributed by atoms with Crippen LogP contribution in [0.4, 0.5) is 0 Å². The first-order valence-electron chi connectivity index (χ1n) is 9.14. The van der Waals surface area contributed by atoms with E-state index >= 15 is 0 Å². The second-order valence-electron chi connectivity index (χ2n) is 6.73. The molecule has 1 saturated heterocycles. The predicted octanol–water partition coefficient (Wildman–Crippen LogP) is 2.92. The number of hydrogen-bond acceptors (Lipinski definition) is 7. The molecule has 1 fully saturated rings. The van der Waals surface area contributed by atoms with E-state index < -0.39 is 17.9 Å². The van der Waals surface area contributed by atoms with Crippen LogP contribution in [0.25, 0.3) is 6.08 Å². The first-order chi connectivity index (χ1) is 14.3. The molecule has 0 aliphatic carbocycles. The van der Waals surface area contributed by atoms with Gasteiger partial charge in [0, 0.05) is 0 Å². The van der Waals surface area contributed by atoms with Gasteiger partial charge in [0.05, 0.1) is 24.0 Å². The van der Waals surface area contributed by atoms with Crippen molar-refractivity contribution >= 4 is 46.3 Å². The van der Waals surface area contributed by atoms with Gasteiger partial charge < -0.3 is 19.4 Å². The number of hydrogen-bond donors (Lipinski definition) is 0. The maximum Gasteiger partial charge on any atom is 0.266 e. The highest BCUT2D eigenvalue weighted by atomic mass is 32.2. The Kier molecular flexibility index (Phi) is 6.79. The highest BCUT2D eigenvalue weighted by molar-refractivity contribution is 8.26. The van der Waals surface area contributed by atoms with Crippen molar-refractivity contribution in [3.8, 4) is 11.5 Å². The lowest BCUT2D eigenvalue weighted by Gasteiger charge is -2.23. The van der Waals surface area contributed by atoms with Crippen LogP contribution in [0.2, 0.25) is 0 Å². The zero-order valence-electron chi connectivity index (χ0n) is 16.7. The Bertz CT molecular complexity index is 1020. The summed E-state index contributed by atoms with van der Waals surface area (Å²) >= 11 is 6.21. The number of ether oxygens (including phenoxy) is 2. The summed E-state index contributed by atoms with van der Waals surface area (Å²) in [5.41, 5.74) is 2.92. The number of benzene rings is 2. The molecule has 2 aromatic carbocycles. The first-order valence-corrected chi connectivity index (χ1v) is 10.4. The molecule has 0 spiro atoms. The molecule has 3 rings (SSSR count). The van der Waals surface area contributed by atoms with Crippen molar-refractivity contribution in [3.05, 3.63) is 64.1 Å². The fourth-order valence-corrected chi connectivity index (χ4v) is 4.23. The van der Waals surface area contributed by atoms with E-state index in [4.69, 9.17) is 21.7 Å². The summed E-state index contributed by atoms with van der Waals surface area (Å²) in [7, 11) is 1.54. The van der Waals surface area contributed by atoms with Crippen LogP contribution in [0.15, 0.2) is 47.4 Å². The molecule has 0 bridgehead atoms.